The van der Waals surface area contributed by atoms with Gasteiger partial charge in [-0.3, -0.25) is 9.69 Å². The van der Waals surface area contributed by atoms with Gasteiger partial charge in [-0.05, 0) is 13.5 Å². The number of rotatable bonds is 0. The molecule has 2 rings (SSSR count). The van der Waals surface area contributed by atoms with Crippen molar-refractivity contribution in [3.8, 4) is 0 Å². The Labute approximate surface area is 66.0 Å². The molecule has 0 aromatic rings. The summed E-state index contributed by atoms with van der Waals surface area (Å²) in [5.41, 5.74) is 0. The number of likely N-dealkylation sites (N-methyl/N-ethyl adjacent to an activating group) is 1. The summed E-state index contributed by atoms with van der Waals surface area (Å²) >= 11 is 0. The average molecular weight is 155 g/mol. The Morgan fingerprint density at radius 2 is 2.27 bits per heavy atom. The fourth-order valence-corrected chi connectivity index (χ4v) is 2.23. The van der Waals surface area contributed by atoms with Crippen LogP contribution in [0.3, 0.4) is 0 Å². The summed E-state index contributed by atoms with van der Waals surface area (Å²) in [7, 11) is 2.00. The van der Waals surface area contributed by atoms with Gasteiger partial charge in [0.15, 0.2) is 0 Å². The van der Waals surface area contributed by atoms with E-state index in [1.165, 1.54) is 0 Å². The van der Waals surface area contributed by atoms with Crippen molar-refractivity contribution in [3.05, 3.63) is 0 Å². The van der Waals surface area contributed by atoms with Crippen LogP contribution >= 0.6 is 0 Å². The maximum absolute atomic E-state index is 11.1. The lowest BCUT2D eigenvalue weighted by molar-refractivity contribution is -0.123. The van der Waals surface area contributed by atoms with Crippen molar-refractivity contribution < 1.29 is 9.90 Å². The minimum Gasteiger partial charge on any atom is -0.391 e. The van der Waals surface area contributed by atoms with E-state index >= 15 is 0 Å². The van der Waals surface area contributed by atoms with Gasteiger partial charge in [-0.2, -0.15) is 0 Å². The molecule has 2 heterocycles. The second kappa shape index (κ2) is 2.29. The van der Waals surface area contributed by atoms with Gasteiger partial charge in [0.2, 0.25) is 0 Å². The number of aliphatic hydroxyl groups excluding tert-OH is 1. The number of carbonyl (C=O) groups is 1. The maximum Gasteiger partial charge on any atom is 0.136 e. The van der Waals surface area contributed by atoms with E-state index in [0.29, 0.717) is 24.7 Å². The van der Waals surface area contributed by atoms with Gasteiger partial charge >= 0.3 is 0 Å². The number of fused-ring (bicyclic) bond motifs is 2. The van der Waals surface area contributed by atoms with Crippen molar-refractivity contribution in [2.75, 3.05) is 7.05 Å². The van der Waals surface area contributed by atoms with E-state index in [1.807, 2.05) is 7.05 Å². The summed E-state index contributed by atoms with van der Waals surface area (Å²) in [5, 5.41) is 9.49. The molecular formula is C8H13NO2. The molecule has 0 unspecified atom stereocenters. The van der Waals surface area contributed by atoms with Crippen molar-refractivity contribution in [1.29, 1.82) is 0 Å². The van der Waals surface area contributed by atoms with Crippen LogP contribution in [0.4, 0.5) is 0 Å². The molecule has 11 heavy (non-hydrogen) atoms. The first kappa shape index (κ1) is 7.25. The van der Waals surface area contributed by atoms with Gasteiger partial charge in [0.25, 0.3) is 0 Å². The van der Waals surface area contributed by atoms with Gasteiger partial charge in [0.1, 0.15) is 5.78 Å². The third kappa shape index (κ3) is 0.993. The normalized spacial score (nSPS) is 44.9. The minimum atomic E-state index is -0.267. The fraction of sp³-hybridized carbons (Fsp3) is 0.875. The molecule has 2 aliphatic heterocycles. The first-order valence-corrected chi connectivity index (χ1v) is 4.10. The summed E-state index contributed by atoms with van der Waals surface area (Å²) in [6.07, 6.45) is 1.71. The molecular weight excluding hydrogens is 142 g/mol. The predicted octanol–water partition coefficient (Wildman–Crippen LogP) is -0.217. The zero-order chi connectivity index (χ0) is 8.01. The van der Waals surface area contributed by atoms with Gasteiger partial charge in [-0.1, -0.05) is 0 Å². The second-order valence-corrected chi connectivity index (χ2v) is 3.64. The molecule has 0 spiro atoms. The zero-order valence-electron chi connectivity index (χ0n) is 6.66. The quantitative estimate of drug-likeness (QED) is 0.526. The first-order chi connectivity index (χ1) is 5.18. The third-order valence-electron chi connectivity index (χ3n) is 2.96. The Balaban J connectivity index is 2.20. The summed E-state index contributed by atoms with van der Waals surface area (Å²) in [6.45, 7) is 0. The monoisotopic (exact) mass is 155 g/mol. The number of aliphatic hydroxyl groups is 1. The van der Waals surface area contributed by atoms with E-state index in [4.69, 9.17) is 0 Å². The van der Waals surface area contributed by atoms with Crippen LogP contribution in [0.5, 0.6) is 0 Å². The van der Waals surface area contributed by atoms with Crippen LogP contribution in [-0.4, -0.2) is 41.0 Å². The van der Waals surface area contributed by atoms with Crippen LogP contribution in [0.2, 0.25) is 0 Å². The standard InChI is InChI=1S/C8H13NO2/c1-9-5-2-6(10)4-7(9)8(11)3-5/h5,7-8,11H,2-4H2,1H3/t5-,7+,8+/m0/s1. The number of nitrogens with zero attached hydrogens (tertiary/aromatic N) is 1. The van der Waals surface area contributed by atoms with Gasteiger partial charge in [0, 0.05) is 24.9 Å². The number of Topliss-reactive ketones (excluding diaryl/α,β-unsaturated/α-hetero) is 1. The highest BCUT2D eigenvalue weighted by atomic mass is 16.3. The highest BCUT2D eigenvalue weighted by molar-refractivity contribution is 5.81. The minimum absolute atomic E-state index is 0.112. The number of hydrogen-bond acceptors (Lipinski definition) is 3. The summed E-state index contributed by atoms with van der Waals surface area (Å²) in [4.78, 5) is 13.2. The van der Waals surface area contributed by atoms with Gasteiger partial charge in [-0.15, -0.1) is 0 Å². The van der Waals surface area contributed by atoms with E-state index < -0.39 is 0 Å². The number of hydrogen-bond donors (Lipinski definition) is 1. The topological polar surface area (TPSA) is 40.5 Å². The van der Waals surface area contributed by atoms with E-state index in [0.717, 1.165) is 6.42 Å². The van der Waals surface area contributed by atoms with Gasteiger partial charge in [-0.25, -0.2) is 0 Å². The lowest BCUT2D eigenvalue weighted by Gasteiger charge is -2.30. The first-order valence-electron chi connectivity index (χ1n) is 4.10. The largest absolute Gasteiger partial charge is 0.391 e. The Kier molecular flexibility index (Phi) is 1.51. The van der Waals surface area contributed by atoms with Crippen molar-refractivity contribution >= 4 is 5.78 Å². The molecule has 3 atom stereocenters. The van der Waals surface area contributed by atoms with Crippen molar-refractivity contribution in [3.63, 3.8) is 0 Å². The van der Waals surface area contributed by atoms with Gasteiger partial charge < -0.3 is 5.11 Å². The Morgan fingerprint density at radius 1 is 1.55 bits per heavy atom. The molecule has 3 nitrogen and oxygen atoms in total. The van der Waals surface area contributed by atoms with Crippen molar-refractivity contribution in [2.45, 2.75) is 37.5 Å². The summed E-state index contributed by atoms with van der Waals surface area (Å²) in [6, 6.07) is 0.428. The lowest BCUT2D eigenvalue weighted by Crippen LogP contribution is -2.42. The lowest BCUT2D eigenvalue weighted by atomic mass is 10.0. The molecule has 2 bridgehead atoms. The van der Waals surface area contributed by atoms with Crippen LogP contribution < -0.4 is 0 Å². The molecule has 62 valence electrons. The van der Waals surface area contributed by atoms with Crippen LogP contribution in [0.25, 0.3) is 0 Å². The predicted molar refractivity (Wildman–Crippen MR) is 40.2 cm³/mol. The molecule has 2 fully saturated rings. The average Bonchev–Trinajstić information content (AvgIpc) is 2.17. The Hall–Kier alpha value is -0.410. The second-order valence-electron chi connectivity index (χ2n) is 3.64. The molecule has 0 aromatic heterocycles. The van der Waals surface area contributed by atoms with Crippen molar-refractivity contribution in [2.24, 2.45) is 0 Å². The van der Waals surface area contributed by atoms with Crippen molar-refractivity contribution in [1.82, 2.24) is 4.90 Å². The van der Waals surface area contributed by atoms with E-state index in [1.54, 1.807) is 0 Å². The van der Waals surface area contributed by atoms with Crippen LogP contribution in [0, 0.1) is 0 Å². The Bertz CT molecular complexity index is 193. The third-order valence-corrected chi connectivity index (χ3v) is 2.96. The Morgan fingerprint density at radius 3 is 2.91 bits per heavy atom. The summed E-state index contributed by atoms with van der Waals surface area (Å²) in [5.74, 6) is 0.314. The highest BCUT2D eigenvalue weighted by Crippen LogP contribution is 2.32. The number of piperidine rings is 1. The van der Waals surface area contributed by atoms with Crippen LogP contribution in [-0.2, 0) is 4.79 Å². The van der Waals surface area contributed by atoms with Crippen LogP contribution in [0.1, 0.15) is 19.3 Å². The highest BCUT2D eigenvalue weighted by Gasteiger charge is 2.43. The van der Waals surface area contributed by atoms with E-state index in [2.05, 4.69) is 4.90 Å². The number of carbonyl (C=O) groups excluding carboxylic acids is 1. The molecule has 0 aromatic carbocycles. The molecule has 2 aliphatic rings. The smallest absolute Gasteiger partial charge is 0.136 e. The maximum atomic E-state index is 11.1. The molecule has 0 amide bonds. The van der Waals surface area contributed by atoms with Crippen LogP contribution in [0.15, 0.2) is 0 Å². The molecule has 0 saturated carbocycles. The molecule has 1 N–H and O–H groups in total. The molecule has 0 aliphatic carbocycles. The SMILES string of the molecule is CN1[C@H]2CC(=O)C[C@@H]1[C@H](O)C2. The molecule has 2 saturated heterocycles. The van der Waals surface area contributed by atoms with Gasteiger partial charge in [0.05, 0.1) is 6.10 Å². The number of ketones is 1. The van der Waals surface area contributed by atoms with E-state index in [-0.39, 0.29) is 12.1 Å². The molecule has 3 heteroatoms. The summed E-state index contributed by atoms with van der Waals surface area (Å²) < 4.78 is 0. The molecule has 0 radical (unpaired) electrons. The zero-order valence-corrected chi connectivity index (χ0v) is 6.66. The van der Waals surface area contributed by atoms with E-state index in [9.17, 15) is 9.90 Å². The fourth-order valence-electron chi connectivity index (χ4n) is 2.23.